The molecule has 1 rings (SSSR count). The van der Waals surface area contributed by atoms with Gasteiger partial charge in [-0.3, -0.25) is 0 Å². The summed E-state index contributed by atoms with van der Waals surface area (Å²) in [6.45, 7) is 5.76. The predicted octanol–water partition coefficient (Wildman–Crippen LogP) is 0.502. The summed E-state index contributed by atoms with van der Waals surface area (Å²) in [4.78, 5) is 4.85. The van der Waals surface area contributed by atoms with Crippen molar-refractivity contribution in [2.45, 2.75) is 44.2 Å². The lowest BCUT2D eigenvalue weighted by molar-refractivity contribution is 0.0565. The molecule has 0 radical (unpaired) electrons. The van der Waals surface area contributed by atoms with Crippen LogP contribution in [0.25, 0.3) is 0 Å². The predicted molar refractivity (Wildman–Crippen MR) is 72.1 cm³/mol. The molecule has 0 amide bonds. The molecule has 4 nitrogen and oxygen atoms in total. The van der Waals surface area contributed by atoms with Crippen molar-refractivity contribution in [2.24, 2.45) is 5.73 Å². The highest BCUT2D eigenvalue weighted by Crippen LogP contribution is 2.16. The summed E-state index contributed by atoms with van der Waals surface area (Å²) in [5.74, 6) is 0. The summed E-state index contributed by atoms with van der Waals surface area (Å²) >= 11 is 0. The van der Waals surface area contributed by atoms with Crippen molar-refractivity contribution in [1.29, 1.82) is 0 Å². The molecule has 1 heterocycles. The van der Waals surface area contributed by atoms with Crippen LogP contribution in [0.2, 0.25) is 0 Å². The molecule has 2 unspecified atom stereocenters. The van der Waals surface area contributed by atoms with E-state index in [4.69, 9.17) is 5.73 Å². The molecule has 17 heavy (non-hydrogen) atoms. The molecule has 4 heteroatoms. The number of rotatable bonds is 7. The van der Waals surface area contributed by atoms with Crippen molar-refractivity contribution in [3.63, 3.8) is 0 Å². The summed E-state index contributed by atoms with van der Waals surface area (Å²) in [5, 5.41) is 9.78. The van der Waals surface area contributed by atoms with Crippen molar-refractivity contribution in [2.75, 3.05) is 40.3 Å². The quantitative estimate of drug-likeness (QED) is 0.640. The van der Waals surface area contributed by atoms with Crippen LogP contribution in [0.15, 0.2) is 0 Å². The van der Waals surface area contributed by atoms with Gasteiger partial charge in [-0.25, -0.2) is 0 Å². The molecule has 3 N–H and O–H groups in total. The number of hydrogen-bond acceptors (Lipinski definition) is 4. The summed E-state index contributed by atoms with van der Waals surface area (Å²) in [5.41, 5.74) is 4.83. The zero-order valence-electron chi connectivity index (χ0n) is 11.7. The van der Waals surface area contributed by atoms with Gasteiger partial charge >= 0.3 is 0 Å². The number of nitrogens with zero attached hydrogens (tertiary/aromatic N) is 2. The standard InChI is InChI=1S/C13H29N3O/c1-13(17,11-14)7-4-5-8-16-9-6-12(10-16)15(2)3/h12,17H,4-11,14H2,1-3H3. The molecule has 0 aromatic rings. The van der Waals surface area contributed by atoms with Crippen LogP contribution in [0.4, 0.5) is 0 Å². The molecule has 1 fully saturated rings. The molecular formula is C13H29N3O. The summed E-state index contributed by atoms with van der Waals surface area (Å²) in [7, 11) is 4.32. The molecule has 0 aliphatic carbocycles. The highest BCUT2D eigenvalue weighted by molar-refractivity contribution is 4.81. The van der Waals surface area contributed by atoms with Crippen LogP contribution in [-0.2, 0) is 0 Å². The lowest BCUT2D eigenvalue weighted by atomic mass is 9.99. The van der Waals surface area contributed by atoms with E-state index in [0.29, 0.717) is 6.54 Å². The molecule has 0 bridgehead atoms. The Kier molecular flexibility index (Phi) is 5.86. The van der Waals surface area contributed by atoms with Crippen LogP contribution in [-0.4, -0.2) is 66.8 Å². The minimum absolute atomic E-state index is 0.361. The zero-order chi connectivity index (χ0) is 12.9. The van der Waals surface area contributed by atoms with Gasteiger partial charge < -0.3 is 20.6 Å². The Balaban J connectivity index is 2.08. The Bertz CT molecular complexity index is 219. The van der Waals surface area contributed by atoms with Gasteiger partial charge in [0.1, 0.15) is 0 Å². The number of aliphatic hydroxyl groups is 1. The minimum Gasteiger partial charge on any atom is -0.389 e. The molecule has 1 saturated heterocycles. The molecule has 0 aromatic carbocycles. The third kappa shape index (κ3) is 5.34. The third-order valence-electron chi connectivity index (χ3n) is 3.86. The van der Waals surface area contributed by atoms with E-state index in [1.54, 1.807) is 0 Å². The van der Waals surface area contributed by atoms with E-state index in [9.17, 15) is 5.11 Å². The van der Waals surface area contributed by atoms with Crippen LogP contribution in [0.3, 0.4) is 0 Å². The van der Waals surface area contributed by atoms with E-state index in [1.165, 1.54) is 19.5 Å². The molecular weight excluding hydrogens is 214 g/mol. The monoisotopic (exact) mass is 243 g/mol. The largest absolute Gasteiger partial charge is 0.389 e. The fourth-order valence-corrected chi connectivity index (χ4v) is 2.38. The summed E-state index contributed by atoms with van der Waals surface area (Å²) in [6.07, 6.45) is 4.32. The average Bonchev–Trinajstić information content (AvgIpc) is 2.73. The fourth-order valence-electron chi connectivity index (χ4n) is 2.38. The Morgan fingerprint density at radius 1 is 1.41 bits per heavy atom. The number of unbranched alkanes of at least 4 members (excludes halogenated alkanes) is 1. The highest BCUT2D eigenvalue weighted by Gasteiger charge is 2.23. The van der Waals surface area contributed by atoms with Crippen LogP contribution in [0.5, 0.6) is 0 Å². The molecule has 1 aliphatic rings. The second kappa shape index (κ2) is 6.69. The maximum absolute atomic E-state index is 9.78. The molecule has 0 spiro atoms. The van der Waals surface area contributed by atoms with E-state index in [1.807, 2.05) is 6.92 Å². The third-order valence-corrected chi connectivity index (χ3v) is 3.86. The molecule has 1 aliphatic heterocycles. The lowest BCUT2D eigenvalue weighted by Crippen LogP contribution is -2.34. The van der Waals surface area contributed by atoms with Gasteiger partial charge in [0.15, 0.2) is 0 Å². The van der Waals surface area contributed by atoms with Gasteiger partial charge in [-0.1, -0.05) is 0 Å². The normalized spacial score (nSPS) is 25.4. The first kappa shape index (κ1) is 14.9. The van der Waals surface area contributed by atoms with Gasteiger partial charge in [0.05, 0.1) is 5.60 Å². The van der Waals surface area contributed by atoms with Gasteiger partial charge in [0.2, 0.25) is 0 Å². The van der Waals surface area contributed by atoms with Crippen LogP contribution >= 0.6 is 0 Å². The first-order chi connectivity index (χ1) is 7.94. The van der Waals surface area contributed by atoms with Crippen molar-refractivity contribution < 1.29 is 5.11 Å². The highest BCUT2D eigenvalue weighted by atomic mass is 16.3. The molecule has 2 atom stereocenters. The molecule has 102 valence electrons. The topological polar surface area (TPSA) is 52.7 Å². The average molecular weight is 243 g/mol. The smallest absolute Gasteiger partial charge is 0.0741 e. The van der Waals surface area contributed by atoms with Crippen molar-refractivity contribution in [1.82, 2.24) is 9.80 Å². The molecule has 0 saturated carbocycles. The maximum Gasteiger partial charge on any atom is 0.0741 e. The second-order valence-corrected chi connectivity index (χ2v) is 5.86. The SMILES string of the molecule is CN(C)C1CCN(CCCCC(C)(O)CN)C1. The Morgan fingerprint density at radius 2 is 2.12 bits per heavy atom. The Morgan fingerprint density at radius 3 is 2.65 bits per heavy atom. The van der Waals surface area contributed by atoms with E-state index in [2.05, 4.69) is 23.9 Å². The van der Waals surface area contributed by atoms with Crippen LogP contribution < -0.4 is 5.73 Å². The first-order valence-corrected chi connectivity index (χ1v) is 6.76. The number of hydrogen-bond donors (Lipinski definition) is 2. The van der Waals surface area contributed by atoms with Gasteiger partial charge in [-0.2, -0.15) is 0 Å². The van der Waals surface area contributed by atoms with Crippen LogP contribution in [0.1, 0.15) is 32.6 Å². The van der Waals surface area contributed by atoms with E-state index in [0.717, 1.165) is 31.8 Å². The maximum atomic E-state index is 9.78. The second-order valence-electron chi connectivity index (χ2n) is 5.86. The zero-order valence-corrected chi connectivity index (χ0v) is 11.7. The number of nitrogens with two attached hydrogens (primary N) is 1. The van der Waals surface area contributed by atoms with Gasteiger partial charge in [-0.15, -0.1) is 0 Å². The summed E-state index contributed by atoms with van der Waals surface area (Å²) in [6, 6.07) is 0.724. The van der Waals surface area contributed by atoms with Crippen molar-refractivity contribution >= 4 is 0 Å². The van der Waals surface area contributed by atoms with E-state index < -0.39 is 5.60 Å². The van der Waals surface area contributed by atoms with Crippen LogP contribution in [0, 0.1) is 0 Å². The molecule has 0 aromatic heterocycles. The number of likely N-dealkylation sites (tertiary alicyclic amines) is 1. The van der Waals surface area contributed by atoms with E-state index in [-0.39, 0.29) is 0 Å². The lowest BCUT2D eigenvalue weighted by Gasteiger charge is -2.22. The number of likely N-dealkylation sites (N-methyl/N-ethyl adjacent to an activating group) is 1. The van der Waals surface area contributed by atoms with Crippen molar-refractivity contribution in [3.05, 3.63) is 0 Å². The Labute approximate surface area is 106 Å². The summed E-state index contributed by atoms with van der Waals surface area (Å²) < 4.78 is 0. The van der Waals surface area contributed by atoms with Gasteiger partial charge in [-0.05, 0) is 59.8 Å². The van der Waals surface area contributed by atoms with Gasteiger partial charge in [0, 0.05) is 19.1 Å². The van der Waals surface area contributed by atoms with Crippen molar-refractivity contribution in [3.8, 4) is 0 Å². The Hall–Kier alpha value is -0.160. The van der Waals surface area contributed by atoms with Gasteiger partial charge in [0.25, 0.3) is 0 Å². The van der Waals surface area contributed by atoms with E-state index >= 15 is 0 Å². The minimum atomic E-state index is -0.669. The fraction of sp³-hybridized carbons (Fsp3) is 1.00. The first-order valence-electron chi connectivity index (χ1n) is 6.76.